The molecular weight excluding hydrogens is 366 g/mol. The minimum atomic E-state index is -0.351. The van der Waals surface area contributed by atoms with Crippen LogP contribution in [0.2, 0.25) is 5.02 Å². The Labute approximate surface area is 159 Å². The first-order valence-corrected chi connectivity index (χ1v) is 8.56. The fourth-order valence-electron chi connectivity index (χ4n) is 3.03. The van der Waals surface area contributed by atoms with Crippen molar-refractivity contribution >= 4 is 52.8 Å². The topological polar surface area (TPSA) is 101 Å². The quantitative estimate of drug-likeness (QED) is 0.408. The summed E-state index contributed by atoms with van der Waals surface area (Å²) in [7, 11) is 3.39. The molecule has 134 valence electrons. The number of aromatic amines is 2. The Morgan fingerprint density at radius 3 is 2.89 bits per heavy atom. The van der Waals surface area contributed by atoms with Gasteiger partial charge in [-0.1, -0.05) is 29.2 Å². The number of halogens is 1. The monoisotopic (exact) mass is 380 g/mol. The van der Waals surface area contributed by atoms with Crippen molar-refractivity contribution in [3.63, 3.8) is 0 Å². The maximum absolute atomic E-state index is 13.1. The fraction of sp³-hybridized carbons (Fsp3) is 0.111. The van der Waals surface area contributed by atoms with Crippen molar-refractivity contribution < 1.29 is 9.53 Å². The summed E-state index contributed by atoms with van der Waals surface area (Å²) in [5.74, 6) is -0.248. The molecule has 0 saturated carbocycles. The second kappa shape index (κ2) is 6.64. The Bertz CT molecular complexity index is 1260. The summed E-state index contributed by atoms with van der Waals surface area (Å²) >= 11 is 6.27. The van der Waals surface area contributed by atoms with E-state index in [1.54, 1.807) is 18.3 Å². The summed E-state index contributed by atoms with van der Waals surface area (Å²) in [5.41, 5.74) is 3.03. The highest BCUT2D eigenvalue weighted by molar-refractivity contribution is 6.39. The molecule has 3 heterocycles. The van der Waals surface area contributed by atoms with Crippen LogP contribution in [0.1, 0.15) is 21.6 Å². The van der Waals surface area contributed by atoms with Gasteiger partial charge in [-0.25, -0.2) is 9.97 Å². The largest absolute Gasteiger partial charge is 0.378 e. The number of carbonyl (C=O) groups excluding carboxylic acids is 1. The number of ketones is 1. The van der Waals surface area contributed by atoms with Crippen LogP contribution in [0.3, 0.4) is 0 Å². The molecule has 1 aromatic carbocycles. The lowest BCUT2D eigenvalue weighted by molar-refractivity contribution is 0.104. The van der Waals surface area contributed by atoms with E-state index in [1.165, 1.54) is 13.3 Å². The number of ether oxygens (including phenoxy) is 1. The first-order valence-electron chi connectivity index (χ1n) is 8.18. The van der Waals surface area contributed by atoms with Gasteiger partial charge in [-0.3, -0.25) is 9.59 Å². The van der Waals surface area contributed by atoms with Gasteiger partial charge in [0.15, 0.2) is 5.78 Å². The van der Waals surface area contributed by atoms with Gasteiger partial charge in [-0.05, 0) is 6.07 Å². The number of pyridine rings is 1. The second-order valence-electron chi connectivity index (χ2n) is 6.20. The highest BCUT2D eigenvalue weighted by Crippen LogP contribution is 2.27. The number of methoxy groups -OCH3 is 1. The van der Waals surface area contributed by atoms with Crippen molar-refractivity contribution in [1.29, 1.82) is 0 Å². The molecule has 0 saturated heterocycles. The van der Waals surface area contributed by atoms with E-state index in [-0.39, 0.29) is 23.6 Å². The van der Waals surface area contributed by atoms with E-state index in [0.717, 1.165) is 5.46 Å². The van der Waals surface area contributed by atoms with E-state index < -0.39 is 0 Å². The van der Waals surface area contributed by atoms with Crippen LogP contribution in [0, 0.1) is 0 Å². The van der Waals surface area contributed by atoms with Gasteiger partial charge in [0.1, 0.15) is 24.7 Å². The summed E-state index contributed by atoms with van der Waals surface area (Å²) < 4.78 is 5.03. The molecule has 0 atom stereocenters. The van der Waals surface area contributed by atoms with Gasteiger partial charge < -0.3 is 14.7 Å². The van der Waals surface area contributed by atoms with E-state index in [9.17, 15) is 9.59 Å². The molecule has 0 spiro atoms. The lowest BCUT2D eigenvalue weighted by Crippen LogP contribution is -2.16. The van der Waals surface area contributed by atoms with Crippen LogP contribution in [0.25, 0.3) is 22.1 Å². The van der Waals surface area contributed by atoms with Crippen molar-refractivity contribution in [2.75, 3.05) is 7.11 Å². The zero-order chi connectivity index (χ0) is 19.1. The van der Waals surface area contributed by atoms with Crippen LogP contribution in [-0.4, -0.2) is 40.7 Å². The first kappa shape index (κ1) is 17.4. The van der Waals surface area contributed by atoms with E-state index in [1.807, 2.05) is 13.9 Å². The van der Waals surface area contributed by atoms with Gasteiger partial charge >= 0.3 is 0 Å². The average molecular weight is 381 g/mol. The number of hydrogen-bond acceptors (Lipinski definition) is 5. The van der Waals surface area contributed by atoms with Crippen molar-refractivity contribution in [3.8, 4) is 0 Å². The van der Waals surface area contributed by atoms with Crippen molar-refractivity contribution in [1.82, 2.24) is 19.9 Å². The Hall–Kier alpha value is -2.97. The Morgan fingerprint density at radius 2 is 2.15 bits per heavy atom. The lowest BCUT2D eigenvalue weighted by atomic mass is 9.93. The average Bonchev–Trinajstić information content (AvgIpc) is 3.06. The number of fused-ring (bicyclic) bond motifs is 3. The Balaban J connectivity index is 1.98. The standard InChI is InChI=1S/C18H14BClN4O3/c1-27-7-13-18(26)24-12-6-22-17-14(15(12)23-13)10(5-21-17)16(25)9-3-2-8(19)4-11(9)20/h2-6H,7,19H2,1H3,(H,21,22)(H,24,26). The minimum absolute atomic E-state index is 0.0621. The van der Waals surface area contributed by atoms with Crippen molar-refractivity contribution in [2.45, 2.75) is 6.61 Å². The Morgan fingerprint density at radius 1 is 1.33 bits per heavy atom. The third kappa shape index (κ3) is 2.92. The molecule has 0 aliphatic carbocycles. The molecule has 0 aliphatic heterocycles. The molecule has 0 amide bonds. The Kier molecular flexibility index (Phi) is 4.29. The number of nitrogens with one attached hydrogen (secondary N) is 2. The van der Waals surface area contributed by atoms with Gasteiger partial charge in [0.25, 0.3) is 5.56 Å². The summed E-state index contributed by atoms with van der Waals surface area (Å²) in [5, 5.41) is 0.909. The normalized spacial score (nSPS) is 11.3. The van der Waals surface area contributed by atoms with Gasteiger partial charge in [0.2, 0.25) is 0 Å². The number of nitrogens with zero attached hydrogens (tertiary/aromatic N) is 2. The maximum Gasteiger partial charge on any atom is 0.272 e. The van der Waals surface area contributed by atoms with Crippen molar-refractivity contribution in [3.05, 3.63) is 62.8 Å². The van der Waals surface area contributed by atoms with E-state index in [4.69, 9.17) is 16.3 Å². The van der Waals surface area contributed by atoms with Crippen LogP contribution >= 0.6 is 11.6 Å². The third-order valence-corrected chi connectivity index (χ3v) is 4.64. The van der Waals surface area contributed by atoms with Crippen LogP contribution in [0.5, 0.6) is 0 Å². The second-order valence-corrected chi connectivity index (χ2v) is 6.61. The van der Waals surface area contributed by atoms with Gasteiger partial charge in [0, 0.05) is 18.9 Å². The van der Waals surface area contributed by atoms with Gasteiger partial charge in [-0.2, -0.15) is 0 Å². The molecule has 0 fully saturated rings. The molecular formula is C18H14BClN4O3. The molecule has 0 aliphatic rings. The van der Waals surface area contributed by atoms with Crippen LogP contribution < -0.4 is 11.0 Å². The predicted octanol–water partition coefficient (Wildman–Crippen LogP) is 1.09. The molecule has 7 nitrogen and oxygen atoms in total. The number of rotatable bonds is 4. The predicted molar refractivity (Wildman–Crippen MR) is 106 cm³/mol. The maximum atomic E-state index is 13.1. The van der Waals surface area contributed by atoms with E-state index in [0.29, 0.717) is 38.2 Å². The van der Waals surface area contributed by atoms with Crippen molar-refractivity contribution in [2.24, 2.45) is 0 Å². The van der Waals surface area contributed by atoms with Crippen LogP contribution in [-0.2, 0) is 11.3 Å². The number of hydrogen-bond donors (Lipinski definition) is 2. The summed E-state index contributed by atoms with van der Waals surface area (Å²) in [4.78, 5) is 39.6. The SMILES string of the molecule is Bc1ccc(C(=O)c2c[nH]c3ncc4[nH]c(=O)c(COC)nc4c23)c(Cl)c1. The number of aromatic nitrogens is 4. The number of benzene rings is 1. The minimum Gasteiger partial charge on any atom is -0.378 e. The molecule has 0 bridgehead atoms. The molecule has 2 N–H and O–H groups in total. The molecule has 0 unspecified atom stereocenters. The fourth-order valence-corrected chi connectivity index (χ4v) is 3.35. The highest BCUT2D eigenvalue weighted by atomic mass is 35.5. The lowest BCUT2D eigenvalue weighted by Gasteiger charge is -2.06. The van der Waals surface area contributed by atoms with Crippen LogP contribution in [0.15, 0.2) is 35.4 Å². The number of carbonyl (C=O) groups is 1. The smallest absolute Gasteiger partial charge is 0.272 e. The third-order valence-electron chi connectivity index (χ3n) is 4.33. The molecule has 4 rings (SSSR count). The first-order chi connectivity index (χ1) is 13.0. The number of H-pyrrole nitrogens is 2. The molecule has 0 radical (unpaired) electrons. The van der Waals surface area contributed by atoms with E-state index >= 15 is 0 Å². The molecule has 9 heteroatoms. The van der Waals surface area contributed by atoms with Gasteiger partial charge in [0.05, 0.1) is 34.3 Å². The highest BCUT2D eigenvalue weighted by Gasteiger charge is 2.20. The molecule has 4 aromatic rings. The zero-order valence-corrected chi connectivity index (χ0v) is 15.3. The van der Waals surface area contributed by atoms with Crippen LogP contribution in [0.4, 0.5) is 0 Å². The summed E-state index contributed by atoms with van der Waals surface area (Å²) in [6, 6.07) is 5.27. The van der Waals surface area contributed by atoms with E-state index in [2.05, 4.69) is 19.9 Å². The van der Waals surface area contributed by atoms with Gasteiger partial charge in [-0.15, -0.1) is 0 Å². The summed E-state index contributed by atoms with van der Waals surface area (Å²) in [6.45, 7) is 0.0621. The molecule has 27 heavy (non-hydrogen) atoms. The summed E-state index contributed by atoms with van der Waals surface area (Å²) in [6.07, 6.45) is 3.09. The zero-order valence-electron chi connectivity index (χ0n) is 14.6. The molecule has 3 aromatic heterocycles.